The summed E-state index contributed by atoms with van der Waals surface area (Å²) < 4.78 is 6.06. The highest BCUT2D eigenvalue weighted by molar-refractivity contribution is 7.98. The molecule has 0 amide bonds. The Bertz CT molecular complexity index is 1820. The van der Waals surface area contributed by atoms with Crippen LogP contribution in [0.2, 0.25) is 0 Å². The van der Waals surface area contributed by atoms with E-state index in [0.717, 1.165) is 22.3 Å². The Morgan fingerprint density at radius 1 is 0.756 bits per heavy atom. The molecule has 0 fully saturated rings. The maximum atomic E-state index is 10.2. The molecule has 1 aromatic heterocycles. The first-order valence-corrected chi connectivity index (χ1v) is 13.2. The standard InChI is InChI=1S/C30H19N9OS/c31-18-27-28(23-13-11-22(12-14-23)21-5-2-1-3-6-21)34-30(41-19-20-9-15-24(16-10-20)36-38-32)35-29(27)40-26-8-4-7-25(17-26)37-39-33/h1-17H,19H2. The van der Waals surface area contributed by atoms with Crippen molar-refractivity contribution in [2.24, 2.45) is 10.2 Å². The lowest BCUT2D eigenvalue weighted by atomic mass is 10.0. The SMILES string of the molecule is N#Cc1c(Oc2cccc(N=[N+]=[N-])c2)nc(SCc2ccc(N=[N+]=[N-])cc2)nc1-c1ccc(-c2ccccc2)cc1. The average Bonchev–Trinajstić information content (AvgIpc) is 3.01. The van der Waals surface area contributed by atoms with Gasteiger partial charge in [-0.05, 0) is 39.9 Å². The molecule has 0 spiro atoms. The zero-order valence-corrected chi connectivity index (χ0v) is 22.2. The van der Waals surface area contributed by atoms with Gasteiger partial charge in [0.2, 0.25) is 5.88 Å². The van der Waals surface area contributed by atoms with Gasteiger partial charge < -0.3 is 4.74 Å². The molecule has 41 heavy (non-hydrogen) atoms. The van der Waals surface area contributed by atoms with Crippen LogP contribution in [0, 0.1) is 11.3 Å². The van der Waals surface area contributed by atoms with Crippen LogP contribution in [0.15, 0.2) is 119 Å². The molecule has 1 heterocycles. The van der Waals surface area contributed by atoms with E-state index < -0.39 is 0 Å². The molecule has 10 nitrogen and oxygen atoms in total. The van der Waals surface area contributed by atoms with Crippen molar-refractivity contribution in [1.82, 2.24) is 9.97 Å². The number of ether oxygens (including phenoxy) is 1. The average molecular weight is 554 g/mol. The van der Waals surface area contributed by atoms with Gasteiger partial charge in [-0.15, -0.1) is 0 Å². The molecule has 0 aliphatic carbocycles. The molecule has 5 aromatic rings. The van der Waals surface area contributed by atoms with Crippen LogP contribution in [0.4, 0.5) is 11.4 Å². The fourth-order valence-electron chi connectivity index (χ4n) is 3.95. The summed E-state index contributed by atoms with van der Waals surface area (Å²) in [6.07, 6.45) is 0. The molecule has 0 saturated carbocycles. The van der Waals surface area contributed by atoms with Crippen LogP contribution in [-0.4, -0.2) is 9.97 Å². The first kappa shape index (κ1) is 26.8. The number of thioether (sulfide) groups is 1. The van der Waals surface area contributed by atoms with E-state index in [-0.39, 0.29) is 11.4 Å². The maximum Gasteiger partial charge on any atom is 0.241 e. The minimum absolute atomic E-state index is 0.0870. The largest absolute Gasteiger partial charge is 0.437 e. The molecule has 196 valence electrons. The minimum Gasteiger partial charge on any atom is -0.437 e. The highest BCUT2D eigenvalue weighted by Gasteiger charge is 2.19. The van der Waals surface area contributed by atoms with Crippen LogP contribution in [-0.2, 0) is 5.75 Å². The Morgan fingerprint density at radius 2 is 1.44 bits per heavy atom. The molecular formula is C30H19N9OS. The number of aromatic nitrogens is 2. The van der Waals surface area contributed by atoms with Crippen LogP contribution in [0.25, 0.3) is 43.3 Å². The molecule has 0 atom stereocenters. The lowest BCUT2D eigenvalue weighted by molar-refractivity contribution is 0.454. The Kier molecular flexibility index (Phi) is 8.40. The van der Waals surface area contributed by atoms with Crippen molar-refractivity contribution in [2.45, 2.75) is 10.9 Å². The summed E-state index contributed by atoms with van der Waals surface area (Å²) in [6.45, 7) is 0. The van der Waals surface area contributed by atoms with Crippen LogP contribution >= 0.6 is 11.8 Å². The van der Waals surface area contributed by atoms with E-state index in [4.69, 9.17) is 20.8 Å². The third-order valence-electron chi connectivity index (χ3n) is 5.89. The first-order chi connectivity index (χ1) is 20.2. The predicted molar refractivity (Wildman–Crippen MR) is 158 cm³/mol. The molecule has 0 radical (unpaired) electrons. The third kappa shape index (κ3) is 6.63. The van der Waals surface area contributed by atoms with Gasteiger partial charge in [-0.3, -0.25) is 0 Å². The summed E-state index contributed by atoms with van der Waals surface area (Å²) in [5, 5.41) is 17.8. The molecule has 5 rings (SSSR count). The van der Waals surface area contributed by atoms with Gasteiger partial charge in [0.05, 0.1) is 5.69 Å². The fourth-order valence-corrected chi connectivity index (χ4v) is 4.74. The number of nitrogens with zero attached hydrogens (tertiary/aromatic N) is 9. The number of hydrogen-bond donors (Lipinski definition) is 0. The number of hydrogen-bond acceptors (Lipinski definition) is 7. The summed E-state index contributed by atoms with van der Waals surface area (Å²) in [5.41, 5.74) is 22.7. The van der Waals surface area contributed by atoms with E-state index in [1.807, 2.05) is 66.7 Å². The van der Waals surface area contributed by atoms with Crippen molar-refractivity contribution in [1.29, 1.82) is 5.26 Å². The number of rotatable bonds is 9. The lowest BCUT2D eigenvalue weighted by Gasteiger charge is -2.13. The lowest BCUT2D eigenvalue weighted by Crippen LogP contribution is -2.01. The zero-order valence-electron chi connectivity index (χ0n) is 21.4. The number of benzene rings is 4. The molecule has 0 bridgehead atoms. The summed E-state index contributed by atoms with van der Waals surface area (Å²) in [5.74, 6) is 0.977. The Hall–Kier alpha value is -5.78. The van der Waals surface area contributed by atoms with Crippen molar-refractivity contribution in [3.8, 4) is 40.1 Å². The van der Waals surface area contributed by atoms with Crippen molar-refractivity contribution in [2.75, 3.05) is 0 Å². The quantitative estimate of drug-likeness (QED) is 0.0583. The van der Waals surface area contributed by atoms with Gasteiger partial charge in [0.1, 0.15) is 17.4 Å². The van der Waals surface area contributed by atoms with Crippen LogP contribution in [0.1, 0.15) is 11.1 Å². The zero-order chi connectivity index (χ0) is 28.4. The molecule has 0 saturated heterocycles. The van der Waals surface area contributed by atoms with E-state index in [9.17, 15) is 5.26 Å². The van der Waals surface area contributed by atoms with Crippen molar-refractivity contribution in [3.05, 3.63) is 135 Å². The molecule has 0 unspecified atom stereocenters. The second-order valence-corrected chi connectivity index (χ2v) is 9.47. The van der Waals surface area contributed by atoms with Gasteiger partial charge in [-0.25, -0.2) is 4.98 Å². The van der Waals surface area contributed by atoms with Crippen molar-refractivity contribution < 1.29 is 4.74 Å². The Balaban J connectivity index is 1.52. The van der Waals surface area contributed by atoms with Crippen LogP contribution in [0.3, 0.4) is 0 Å². The molecule has 4 aromatic carbocycles. The van der Waals surface area contributed by atoms with Gasteiger partial charge in [0.15, 0.2) is 5.16 Å². The topological polar surface area (TPSA) is 156 Å². The maximum absolute atomic E-state index is 10.2. The highest BCUT2D eigenvalue weighted by Crippen LogP contribution is 2.35. The number of nitriles is 1. The minimum atomic E-state index is 0.0870. The molecule has 0 aliphatic heterocycles. The Labute approximate surface area is 239 Å². The van der Waals surface area contributed by atoms with E-state index in [0.29, 0.717) is 33.7 Å². The smallest absolute Gasteiger partial charge is 0.241 e. The van der Waals surface area contributed by atoms with Gasteiger partial charge in [-0.1, -0.05) is 113 Å². The first-order valence-electron chi connectivity index (χ1n) is 12.2. The summed E-state index contributed by atoms with van der Waals surface area (Å²) in [4.78, 5) is 14.9. The van der Waals surface area contributed by atoms with E-state index in [1.54, 1.807) is 36.4 Å². The summed E-state index contributed by atoms with van der Waals surface area (Å²) in [7, 11) is 0. The van der Waals surface area contributed by atoms with Gasteiger partial charge in [0.25, 0.3) is 0 Å². The van der Waals surface area contributed by atoms with E-state index in [2.05, 4.69) is 31.1 Å². The molecule has 0 aliphatic rings. The highest BCUT2D eigenvalue weighted by atomic mass is 32.2. The second-order valence-electron chi connectivity index (χ2n) is 8.52. The molecule has 0 N–H and O–H groups in total. The monoisotopic (exact) mass is 553 g/mol. The molecular weight excluding hydrogens is 534 g/mol. The van der Waals surface area contributed by atoms with Crippen LogP contribution < -0.4 is 4.74 Å². The van der Waals surface area contributed by atoms with Gasteiger partial charge >= 0.3 is 0 Å². The van der Waals surface area contributed by atoms with Gasteiger partial charge in [-0.2, -0.15) is 10.2 Å². The number of azide groups is 2. The van der Waals surface area contributed by atoms with Crippen molar-refractivity contribution in [3.63, 3.8) is 0 Å². The summed E-state index contributed by atoms with van der Waals surface area (Å²) in [6, 6.07) is 33.8. The van der Waals surface area contributed by atoms with E-state index >= 15 is 0 Å². The van der Waals surface area contributed by atoms with Gasteiger partial charge in [0, 0.05) is 32.5 Å². The Morgan fingerprint density at radius 3 is 2.15 bits per heavy atom. The van der Waals surface area contributed by atoms with E-state index in [1.165, 1.54) is 11.8 Å². The van der Waals surface area contributed by atoms with Crippen LogP contribution in [0.5, 0.6) is 11.6 Å². The predicted octanol–water partition coefficient (Wildman–Crippen LogP) is 9.65. The fraction of sp³-hybridized carbons (Fsp3) is 0.0333. The summed E-state index contributed by atoms with van der Waals surface area (Å²) >= 11 is 1.38. The second kappa shape index (κ2) is 12.8. The van der Waals surface area contributed by atoms with Crippen molar-refractivity contribution >= 4 is 23.1 Å². The normalized spacial score (nSPS) is 10.1. The molecule has 11 heteroatoms. The third-order valence-corrected chi connectivity index (χ3v) is 6.81.